The van der Waals surface area contributed by atoms with Crippen molar-refractivity contribution in [1.29, 1.82) is 0 Å². The first-order chi connectivity index (χ1) is 19.0. The fraction of sp³-hybridized carbons (Fsp3) is 0.267. The normalized spacial score (nSPS) is 11.7. The first-order valence-electron chi connectivity index (χ1n) is 12.6. The average Bonchev–Trinajstić information content (AvgIpc) is 2.92. The van der Waals surface area contributed by atoms with Gasteiger partial charge >= 0.3 is 6.18 Å². The lowest BCUT2D eigenvalue weighted by molar-refractivity contribution is -0.137. The van der Waals surface area contributed by atoms with Gasteiger partial charge in [0.2, 0.25) is 0 Å². The second kappa shape index (κ2) is 14.2. The maximum atomic E-state index is 12.9. The molecule has 0 unspecified atom stereocenters. The third-order valence-electron chi connectivity index (χ3n) is 5.48. The summed E-state index contributed by atoms with van der Waals surface area (Å²) in [5.41, 5.74) is 0.668. The summed E-state index contributed by atoms with van der Waals surface area (Å²) < 4.78 is 49.9. The molecule has 0 aliphatic heterocycles. The zero-order chi connectivity index (χ0) is 29.1. The van der Waals surface area contributed by atoms with Gasteiger partial charge in [-0.3, -0.25) is 9.59 Å². The summed E-state index contributed by atoms with van der Waals surface area (Å²) in [7, 11) is 0. The highest BCUT2D eigenvalue weighted by Gasteiger charge is 2.30. The van der Waals surface area contributed by atoms with Gasteiger partial charge in [0.15, 0.2) is 0 Å². The van der Waals surface area contributed by atoms with Crippen LogP contribution in [0.4, 0.5) is 13.2 Å². The Morgan fingerprint density at radius 3 is 2.27 bits per heavy atom. The van der Waals surface area contributed by atoms with Crippen LogP contribution in [0.1, 0.15) is 40.9 Å². The predicted octanol–water partition coefficient (Wildman–Crippen LogP) is 4.99. The fourth-order valence-electron chi connectivity index (χ4n) is 3.59. The van der Waals surface area contributed by atoms with Crippen molar-refractivity contribution in [3.63, 3.8) is 0 Å². The third kappa shape index (κ3) is 9.46. The number of hydrogen-bond acceptors (Lipinski definition) is 5. The van der Waals surface area contributed by atoms with Gasteiger partial charge in [-0.25, -0.2) is 0 Å². The Bertz CT molecular complexity index is 1300. The molecule has 0 aliphatic rings. The number of nitrogens with one attached hydrogen (secondary N) is 2. The quantitative estimate of drug-likeness (QED) is 0.273. The van der Waals surface area contributed by atoms with E-state index in [4.69, 9.17) is 14.6 Å². The molecule has 0 saturated heterocycles. The van der Waals surface area contributed by atoms with Crippen LogP contribution in [0.2, 0.25) is 0 Å². The number of aliphatic hydroxyl groups excluding tert-OH is 1. The van der Waals surface area contributed by atoms with Crippen molar-refractivity contribution < 1.29 is 37.3 Å². The van der Waals surface area contributed by atoms with Crippen molar-refractivity contribution in [2.24, 2.45) is 0 Å². The van der Waals surface area contributed by atoms with Crippen LogP contribution in [-0.2, 0) is 17.4 Å². The lowest BCUT2D eigenvalue weighted by Crippen LogP contribution is -2.36. The lowest BCUT2D eigenvalue weighted by Gasteiger charge is -2.12. The Kier molecular flexibility index (Phi) is 10.7. The molecule has 3 rings (SSSR count). The smallest absolute Gasteiger partial charge is 0.416 e. The Hall–Kier alpha value is -4.31. The van der Waals surface area contributed by atoms with E-state index in [-0.39, 0.29) is 43.5 Å². The summed E-state index contributed by atoms with van der Waals surface area (Å²) in [5, 5.41) is 14.2. The van der Waals surface area contributed by atoms with E-state index < -0.39 is 23.6 Å². The Labute approximate surface area is 230 Å². The molecule has 0 aromatic heterocycles. The van der Waals surface area contributed by atoms with Gasteiger partial charge in [-0.05, 0) is 73.5 Å². The number of alkyl halides is 3. The second-order valence-electron chi connectivity index (χ2n) is 9.05. The van der Waals surface area contributed by atoms with E-state index >= 15 is 0 Å². The Morgan fingerprint density at radius 1 is 0.975 bits per heavy atom. The van der Waals surface area contributed by atoms with Crippen molar-refractivity contribution in [1.82, 2.24) is 10.6 Å². The van der Waals surface area contributed by atoms with Crippen LogP contribution in [0.25, 0.3) is 6.08 Å². The Morgan fingerprint density at radius 2 is 1.65 bits per heavy atom. The molecular weight excluding hydrogens is 525 g/mol. The highest BCUT2D eigenvalue weighted by atomic mass is 19.4. The largest absolute Gasteiger partial charge is 0.493 e. The van der Waals surface area contributed by atoms with Gasteiger partial charge in [-0.15, -0.1) is 0 Å². The predicted molar refractivity (Wildman–Crippen MR) is 145 cm³/mol. The van der Waals surface area contributed by atoms with Gasteiger partial charge in [0.25, 0.3) is 11.8 Å². The molecule has 10 heteroatoms. The molecule has 0 atom stereocenters. The van der Waals surface area contributed by atoms with E-state index in [0.29, 0.717) is 22.6 Å². The SMILES string of the molecule is CC(C)Oc1ccc(/C=C(/NC(=O)c2ccc(OCCc3cccc(C(F)(F)F)c3)cc2)C(=O)NCCO)cc1. The monoisotopic (exact) mass is 556 g/mol. The van der Waals surface area contributed by atoms with Crippen LogP contribution >= 0.6 is 0 Å². The van der Waals surface area contributed by atoms with E-state index in [1.165, 1.54) is 24.3 Å². The van der Waals surface area contributed by atoms with E-state index in [0.717, 1.165) is 12.1 Å². The number of ether oxygens (including phenoxy) is 2. The first kappa shape index (κ1) is 30.2. The standard InChI is InChI=1S/C30H31F3N2O5/c1-20(2)40-26-10-6-22(7-11-26)19-27(29(38)34-15-16-36)35-28(37)23-8-12-25(13-9-23)39-17-14-21-4-3-5-24(18-21)30(31,32)33/h3-13,18-20,36H,14-17H2,1-2H3,(H,34,38)(H,35,37)/b27-19+. The maximum Gasteiger partial charge on any atom is 0.416 e. The van der Waals surface area contributed by atoms with Gasteiger partial charge in [0, 0.05) is 18.5 Å². The molecule has 0 bridgehead atoms. The molecular formula is C30H31F3N2O5. The average molecular weight is 557 g/mol. The highest BCUT2D eigenvalue weighted by Crippen LogP contribution is 2.29. The molecule has 3 aromatic carbocycles. The van der Waals surface area contributed by atoms with Crippen molar-refractivity contribution in [2.45, 2.75) is 32.5 Å². The van der Waals surface area contributed by atoms with Crippen LogP contribution in [0.3, 0.4) is 0 Å². The summed E-state index contributed by atoms with van der Waals surface area (Å²) in [6.07, 6.45) is -2.62. The second-order valence-corrected chi connectivity index (χ2v) is 9.05. The van der Waals surface area contributed by atoms with Gasteiger partial charge in [0.05, 0.1) is 24.9 Å². The summed E-state index contributed by atoms with van der Waals surface area (Å²) in [4.78, 5) is 25.5. The van der Waals surface area contributed by atoms with Crippen molar-refractivity contribution in [3.8, 4) is 11.5 Å². The zero-order valence-corrected chi connectivity index (χ0v) is 22.1. The minimum atomic E-state index is -4.41. The number of rotatable bonds is 12. The molecule has 2 amide bonds. The van der Waals surface area contributed by atoms with Crippen LogP contribution in [-0.4, -0.2) is 42.8 Å². The molecule has 0 aliphatic carbocycles. The summed E-state index contributed by atoms with van der Waals surface area (Å²) in [6.45, 7) is 3.72. The van der Waals surface area contributed by atoms with Crippen molar-refractivity contribution in [3.05, 3.63) is 101 Å². The van der Waals surface area contributed by atoms with Gasteiger partial charge < -0.3 is 25.2 Å². The molecule has 0 saturated carbocycles. The van der Waals surface area contributed by atoms with E-state index in [1.807, 2.05) is 13.8 Å². The summed E-state index contributed by atoms with van der Waals surface area (Å²) >= 11 is 0. The van der Waals surface area contributed by atoms with Crippen molar-refractivity contribution >= 4 is 17.9 Å². The van der Waals surface area contributed by atoms with Crippen LogP contribution in [0.5, 0.6) is 11.5 Å². The zero-order valence-electron chi connectivity index (χ0n) is 22.1. The van der Waals surface area contributed by atoms with Crippen LogP contribution in [0, 0.1) is 0 Å². The van der Waals surface area contributed by atoms with Crippen LogP contribution in [0.15, 0.2) is 78.5 Å². The summed E-state index contributed by atoms with van der Waals surface area (Å²) in [5.74, 6) is -0.0107. The molecule has 0 heterocycles. The number of carbonyl (C=O) groups is 2. The van der Waals surface area contributed by atoms with Crippen LogP contribution < -0.4 is 20.1 Å². The van der Waals surface area contributed by atoms with E-state index in [1.54, 1.807) is 42.5 Å². The van der Waals surface area contributed by atoms with Gasteiger partial charge in [-0.1, -0.05) is 30.3 Å². The molecule has 3 N–H and O–H groups in total. The maximum absolute atomic E-state index is 12.9. The van der Waals surface area contributed by atoms with Gasteiger partial charge in [0.1, 0.15) is 17.2 Å². The Balaban J connectivity index is 1.64. The number of carbonyl (C=O) groups excluding carboxylic acids is 2. The summed E-state index contributed by atoms with van der Waals surface area (Å²) in [6, 6.07) is 18.2. The highest BCUT2D eigenvalue weighted by molar-refractivity contribution is 6.05. The topological polar surface area (TPSA) is 96.9 Å². The molecule has 0 radical (unpaired) electrons. The van der Waals surface area contributed by atoms with E-state index in [2.05, 4.69) is 10.6 Å². The van der Waals surface area contributed by atoms with E-state index in [9.17, 15) is 22.8 Å². The number of benzene rings is 3. The minimum absolute atomic E-state index is 0.00706. The third-order valence-corrected chi connectivity index (χ3v) is 5.48. The molecule has 40 heavy (non-hydrogen) atoms. The molecule has 0 spiro atoms. The molecule has 0 fully saturated rings. The minimum Gasteiger partial charge on any atom is -0.493 e. The molecule has 7 nitrogen and oxygen atoms in total. The lowest BCUT2D eigenvalue weighted by atomic mass is 10.1. The number of halogens is 3. The van der Waals surface area contributed by atoms with Crippen molar-refractivity contribution in [2.75, 3.05) is 19.8 Å². The van der Waals surface area contributed by atoms with Gasteiger partial charge in [-0.2, -0.15) is 13.2 Å². The molecule has 212 valence electrons. The number of amides is 2. The fourth-order valence-corrected chi connectivity index (χ4v) is 3.59. The molecule has 3 aromatic rings. The number of aliphatic hydroxyl groups is 1. The first-order valence-corrected chi connectivity index (χ1v) is 12.6. The number of hydrogen-bond donors (Lipinski definition) is 3.